The van der Waals surface area contributed by atoms with Crippen molar-refractivity contribution >= 4 is 5.97 Å². The lowest BCUT2D eigenvalue weighted by atomic mass is 9.91. The van der Waals surface area contributed by atoms with Crippen molar-refractivity contribution in [3.8, 4) is 5.75 Å². The maximum Gasteiger partial charge on any atom is 0.339 e. The number of rotatable bonds is 5. The van der Waals surface area contributed by atoms with E-state index < -0.39 is 17.2 Å². The van der Waals surface area contributed by atoms with Gasteiger partial charge in [0.25, 0.3) is 0 Å². The predicted octanol–water partition coefficient (Wildman–Crippen LogP) is 5.67. The molecule has 3 rings (SSSR count). The minimum Gasteiger partial charge on any atom is -0.505 e. The largest absolute Gasteiger partial charge is 0.505 e. The molecule has 1 aliphatic carbocycles. The van der Waals surface area contributed by atoms with Crippen LogP contribution in [-0.4, -0.2) is 11.1 Å². The standard InChI is InChI=1S/C22H25FO3/c1-3-15(2)16-6-8-17(9-7-16)21(25)26-22(12-4-5-13-22)18-10-11-19(23)20(24)14-18/h6-11,14-15,24H,3-5,12-13H2,1-2H3. The van der Waals surface area contributed by atoms with E-state index in [2.05, 4.69) is 13.8 Å². The lowest BCUT2D eigenvalue weighted by Gasteiger charge is -2.30. The molecule has 138 valence electrons. The predicted molar refractivity (Wildman–Crippen MR) is 98.8 cm³/mol. The molecule has 3 nitrogen and oxygen atoms in total. The molecule has 26 heavy (non-hydrogen) atoms. The summed E-state index contributed by atoms with van der Waals surface area (Å²) in [6, 6.07) is 11.7. The minimum absolute atomic E-state index is 0.383. The molecule has 1 aliphatic rings. The number of hydrogen-bond acceptors (Lipinski definition) is 3. The molecule has 1 N–H and O–H groups in total. The molecular formula is C22H25FO3. The Balaban J connectivity index is 1.83. The molecular weight excluding hydrogens is 331 g/mol. The monoisotopic (exact) mass is 356 g/mol. The normalized spacial score (nSPS) is 17.0. The van der Waals surface area contributed by atoms with Crippen LogP contribution >= 0.6 is 0 Å². The summed E-state index contributed by atoms with van der Waals surface area (Å²) in [5.41, 5.74) is 1.56. The third-order valence-electron chi connectivity index (χ3n) is 5.50. The van der Waals surface area contributed by atoms with Gasteiger partial charge in [0.2, 0.25) is 0 Å². The average molecular weight is 356 g/mol. The zero-order valence-corrected chi connectivity index (χ0v) is 15.3. The van der Waals surface area contributed by atoms with E-state index >= 15 is 0 Å². The van der Waals surface area contributed by atoms with Crippen LogP contribution in [0, 0.1) is 5.82 Å². The molecule has 0 aliphatic heterocycles. The second-order valence-electron chi connectivity index (χ2n) is 7.19. The van der Waals surface area contributed by atoms with Crippen molar-refractivity contribution in [2.45, 2.75) is 57.5 Å². The van der Waals surface area contributed by atoms with Crippen LogP contribution in [0.2, 0.25) is 0 Å². The number of carbonyl (C=O) groups excluding carboxylic acids is 1. The van der Waals surface area contributed by atoms with Gasteiger partial charge < -0.3 is 9.84 Å². The Bertz CT molecular complexity index is 776. The molecule has 0 heterocycles. The highest BCUT2D eigenvalue weighted by Crippen LogP contribution is 2.43. The van der Waals surface area contributed by atoms with Crippen LogP contribution in [-0.2, 0) is 10.3 Å². The molecule has 0 aromatic heterocycles. The van der Waals surface area contributed by atoms with E-state index in [0.717, 1.165) is 19.3 Å². The van der Waals surface area contributed by atoms with Gasteiger partial charge in [0.1, 0.15) is 5.60 Å². The van der Waals surface area contributed by atoms with Crippen molar-refractivity contribution in [1.82, 2.24) is 0 Å². The number of phenolic OH excluding ortho intramolecular Hbond substituents is 1. The molecule has 1 atom stereocenters. The molecule has 1 fully saturated rings. The van der Waals surface area contributed by atoms with Gasteiger partial charge in [-0.05, 0) is 73.4 Å². The molecule has 1 unspecified atom stereocenters. The van der Waals surface area contributed by atoms with Crippen molar-refractivity contribution in [3.63, 3.8) is 0 Å². The fourth-order valence-electron chi connectivity index (χ4n) is 3.61. The van der Waals surface area contributed by atoms with E-state index in [0.29, 0.717) is 29.9 Å². The number of hydrogen-bond donors (Lipinski definition) is 1. The van der Waals surface area contributed by atoms with Gasteiger partial charge in [0, 0.05) is 0 Å². The van der Waals surface area contributed by atoms with Crippen LogP contribution in [0.5, 0.6) is 5.75 Å². The Morgan fingerprint density at radius 3 is 2.42 bits per heavy atom. The molecule has 2 aromatic rings. The Morgan fingerprint density at radius 1 is 1.19 bits per heavy atom. The first-order valence-corrected chi connectivity index (χ1v) is 9.27. The Hall–Kier alpha value is -2.36. The topological polar surface area (TPSA) is 46.5 Å². The second-order valence-corrected chi connectivity index (χ2v) is 7.19. The third-order valence-corrected chi connectivity index (χ3v) is 5.50. The fourth-order valence-corrected chi connectivity index (χ4v) is 3.61. The van der Waals surface area contributed by atoms with E-state index in [-0.39, 0.29) is 5.97 Å². The number of benzene rings is 2. The van der Waals surface area contributed by atoms with Gasteiger partial charge in [0.05, 0.1) is 5.56 Å². The van der Waals surface area contributed by atoms with Crippen LogP contribution in [0.4, 0.5) is 4.39 Å². The van der Waals surface area contributed by atoms with Gasteiger partial charge in [-0.25, -0.2) is 9.18 Å². The quantitative estimate of drug-likeness (QED) is 0.702. The van der Waals surface area contributed by atoms with Gasteiger partial charge in [-0.3, -0.25) is 0 Å². The first-order chi connectivity index (χ1) is 12.4. The lowest BCUT2D eigenvalue weighted by Crippen LogP contribution is -2.29. The van der Waals surface area contributed by atoms with E-state index in [1.165, 1.54) is 17.7 Å². The first kappa shape index (κ1) is 18.4. The summed E-state index contributed by atoms with van der Waals surface area (Å²) in [7, 11) is 0. The summed E-state index contributed by atoms with van der Waals surface area (Å²) >= 11 is 0. The van der Waals surface area contributed by atoms with Crippen molar-refractivity contribution in [2.75, 3.05) is 0 Å². The van der Waals surface area contributed by atoms with E-state index in [9.17, 15) is 14.3 Å². The van der Waals surface area contributed by atoms with Gasteiger partial charge in [-0.15, -0.1) is 0 Å². The second kappa shape index (κ2) is 7.48. The molecule has 0 bridgehead atoms. The van der Waals surface area contributed by atoms with E-state index in [1.54, 1.807) is 18.2 Å². The van der Waals surface area contributed by atoms with Crippen LogP contribution in [0.15, 0.2) is 42.5 Å². The third kappa shape index (κ3) is 3.59. The van der Waals surface area contributed by atoms with Crippen molar-refractivity contribution in [3.05, 3.63) is 65.0 Å². The number of esters is 1. The molecule has 0 amide bonds. The van der Waals surface area contributed by atoms with Crippen molar-refractivity contribution in [2.24, 2.45) is 0 Å². The van der Waals surface area contributed by atoms with Crippen molar-refractivity contribution < 1.29 is 19.0 Å². The summed E-state index contributed by atoms with van der Waals surface area (Å²) in [5.74, 6) is -1.02. The molecule has 0 saturated heterocycles. The number of carbonyl (C=O) groups is 1. The van der Waals surface area contributed by atoms with Crippen LogP contribution in [0.1, 0.15) is 73.4 Å². The Kier molecular flexibility index (Phi) is 5.30. The van der Waals surface area contributed by atoms with Crippen LogP contribution in [0.3, 0.4) is 0 Å². The zero-order valence-electron chi connectivity index (χ0n) is 15.3. The minimum atomic E-state index is -0.794. The smallest absolute Gasteiger partial charge is 0.339 e. The molecule has 0 spiro atoms. The fraction of sp³-hybridized carbons (Fsp3) is 0.409. The highest BCUT2D eigenvalue weighted by molar-refractivity contribution is 5.89. The first-order valence-electron chi connectivity index (χ1n) is 9.27. The zero-order chi connectivity index (χ0) is 18.7. The summed E-state index contributed by atoms with van der Waals surface area (Å²) in [5, 5.41) is 9.72. The molecule has 2 aromatic carbocycles. The average Bonchev–Trinajstić information content (AvgIpc) is 3.13. The van der Waals surface area contributed by atoms with Gasteiger partial charge in [-0.1, -0.05) is 32.0 Å². The van der Waals surface area contributed by atoms with Crippen molar-refractivity contribution in [1.29, 1.82) is 0 Å². The molecule has 1 saturated carbocycles. The highest BCUT2D eigenvalue weighted by Gasteiger charge is 2.40. The molecule has 4 heteroatoms. The number of aromatic hydroxyl groups is 1. The Morgan fingerprint density at radius 2 is 1.85 bits per heavy atom. The van der Waals surface area contributed by atoms with E-state index in [4.69, 9.17) is 4.74 Å². The van der Waals surface area contributed by atoms with Crippen LogP contribution < -0.4 is 0 Å². The van der Waals surface area contributed by atoms with Crippen LogP contribution in [0.25, 0.3) is 0 Å². The maximum absolute atomic E-state index is 13.4. The molecule has 0 radical (unpaired) electrons. The Labute approximate surface area is 153 Å². The SMILES string of the molecule is CCC(C)c1ccc(C(=O)OC2(c3ccc(F)c(O)c3)CCCC2)cc1. The maximum atomic E-state index is 13.4. The summed E-state index contributed by atoms with van der Waals surface area (Å²) in [4.78, 5) is 12.7. The summed E-state index contributed by atoms with van der Waals surface area (Å²) in [6.45, 7) is 4.29. The van der Waals surface area contributed by atoms with Gasteiger partial charge in [0.15, 0.2) is 11.6 Å². The van der Waals surface area contributed by atoms with Gasteiger partial charge in [-0.2, -0.15) is 0 Å². The summed E-state index contributed by atoms with van der Waals surface area (Å²) in [6.07, 6.45) is 4.25. The lowest BCUT2D eigenvalue weighted by molar-refractivity contribution is -0.0185. The number of phenols is 1. The van der Waals surface area contributed by atoms with E-state index in [1.807, 2.05) is 12.1 Å². The summed E-state index contributed by atoms with van der Waals surface area (Å²) < 4.78 is 19.3. The highest BCUT2D eigenvalue weighted by atomic mass is 19.1. The van der Waals surface area contributed by atoms with Gasteiger partial charge >= 0.3 is 5.97 Å². The number of halogens is 1. The number of ether oxygens (including phenoxy) is 1.